The molecule has 0 aliphatic heterocycles. The number of anilines is 1. The van der Waals surface area contributed by atoms with Crippen molar-refractivity contribution < 1.29 is 9.90 Å². The van der Waals surface area contributed by atoms with Crippen LogP contribution < -0.4 is 5.32 Å². The van der Waals surface area contributed by atoms with Crippen LogP contribution in [-0.4, -0.2) is 11.0 Å². The van der Waals surface area contributed by atoms with Crippen molar-refractivity contribution in [1.29, 1.82) is 0 Å². The first-order valence-electron chi connectivity index (χ1n) is 6.20. The van der Waals surface area contributed by atoms with Crippen LogP contribution in [0.4, 0.5) is 5.69 Å². The number of aryl methyl sites for hydroxylation is 1. The molecule has 98 valence electrons. The van der Waals surface area contributed by atoms with Crippen molar-refractivity contribution in [3.63, 3.8) is 0 Å². The van der Waals surface area contributed by atoms with Gasteiger partial charge >= 0.3 is 0 Å². The molecule has 0 saturated heterocycles. The molecule has 0 aliphatic carbocycles. The first kappa shape index (κ1) is 13.3. The van der Waals surface area contributed by atoms with E-state index in [0.717, 1.165) is 11.1 Å². The Morgan fingerprint density at radius 3 is 2.58 bits per heavy atom. The van der Waals surface area contributed by atoms with Crippen LogP contribution in [0.3, 0.4) is 0 Å². The van der Waals surface area contributed by atoms with E-state index < -0.39 is 0 Å². The average Bonchev–Trinajstić information content (AvgIpc) is 2.42. The van der Waals surface area contributed by atoms with Gasteiger partial charge < -0.3 is 10.4 Å². The molecule has 0 unspecified atom stereocenters. The Hall–Kier alpha value is -2.13. The molecule has 2 N–H and O–H groups in total. The third kappa shape index (κ3) is 2.83. The van der Waals surface area contributed by atoms with E-state index in [4.69, 9.17) is 0 Å². The van der Waals surface area contributed by atoms with Gasteiger partial charge in [0.2, 0.25) is 0 Å². The summed E-state index contributed by atoms with van der Waals surface area (Å²) in [6, 6.07) is 12.9. The van der Waals surface area contributed by atoms with Crippen molar-refractivity contribution >= 4 is 11.6 Å². The first-order chi connectivity index (χ1) is 9.13. The van der Waals surface area contributed by atoms with Crippen molar-refractivity contribution in [2.24, 2.45) is 0 Å². The fourth-order valence-electron chi connectivity index (χ4n) is 1.97. The van der Waals surface area contributed by atoms with Crippen molar-refractivity contribution in [2.45, 2.75) is 20.5 Å². The topological polar surface area (TPSA) is 49.3 Å². The van der Waals surface area contributed by atoms with Crippen LogP contribution in [0.5, 0.6) is 0 Å². The largest absolute Gasteiger partial charge is 0.392 e. The molecule has 0 saturated carbocycles. The van der Waals surface area contributed by atoms with E-state index in [1.807, 2.05) is 38.1 Å². The summed E-state index contributed by atoms with van der Waals surface area (Å²) in [6.45, 7) is 3.82. The molecule has 0 heterocycles. The highest BCUT2D eigenvalue weighted by molar-refractivity contribution is 6.05. The SMILES string of the molecule is Cc1cccc(C(=O)Nc2ccccc2CO)c1C. The van der Waals surface area contributed by atoms with Gasteiger partial charge in [-0.1, -0.05) is 30.3 Å². The lowest BCUT2D eigenvalue weighted by Gasteiger charge is -2.11. The molecule has 1 amide bonds. The molecular formula is C16H17NO2. The van der Waals surface area contributed by atoms with Crippen LogP contribution in [0.2, 0.25) is 0 Å². The zero-order chi connectivity index (χ0) is 13.8. The van der Waals surface area contributed by atoms with Crippen molar-refractivity contribution in [3.05, 3.63) is 64.7 Å². The number of hydrogen-bond acceptors (Lipinski definition) is 2. The second-order valence-corrected chi connectivity index (χ2v) is 4.52. The van der Waals surface area contributed by atoms with Crippen LogP contribution in [0.1, 0.15) is 27.0 Å². The van der Waals surface area contributed by atoms with Gasteiger partial charge in [0, 0.05) is 16.8 Å². The Morgan fingerprint density at radius 1 is 1.11 bits per heavy atom. The average molecular weight is 255 g/mol. The summed E-state index contributed by atoms with van der Waals surface area (Å²) in [5, 5.41) is 12.1. The molecule has 0 aliphatic rings. The number of para-hydroxylation sites is 1. The van der Waals surface area contributed by atoms with Gasteiger partial charge in [-0.15, -0.1) is 0 Å². The van der Waals surface area contributed by atoms with Gasteiger partial charge in [-0.3, -0.25) is 4.79 Å². The summed E-state index contributed by atoms with van der Waals surface area (Å²) >= 11 is 0. The minimum Gasteiger partial charge on any atom is -0.392 e. The van der Waals surface area contributed by atoms with Crippen LogP contribution >= 0.6 is 0 Å². The highest BCUT2D eigenvalue weighted by atomic mass is 16.3. The van der Waals surface area contributed by atoms with Crippen LogP contribution in [0.25, 0.3) is 0 Å². The predicted molar refractivity (Wildman–Crippen MR) is 76.2 cm³/mol. The molecule has 0 radical (unpaired) electrons. The molecular weight excluding hydrogens is 238 g/mol. The van der Waals surface area contributed by atoms with Crippen LogP contribution in [-0.2, 0) is 6.61 Å². The fourth-order valence-corrected chi connectivity index (χ4v) is 1.97. The van der Waals surface area contributed by atoms with E-state index in [9.17, 15) is 9.90 Å². The van der Waals surface area contributed by atoms with E-state index in [-0.39, 0.29) is 12.5 Å². The van der Waals surface area contributed by atoms with Crippen LogP contribution in [0.15, 0.2) is 42.5 Å². The van der Waals surface area contributed by atoms with Gasteiger partial charge in [-0.05, 0) is 37.1 Å². The minimum absolute atomic E-state index is 0.0940. The van der Waals surface area contributed by atoms with E-state index in [2.05, 4.69) is 5.32 Å². The molecule has 2 rings (SSSR count). The molecule has 0 spiro atoms. The van der Waals surface area contributed by atoms with Crippen molar-refractivity contribution in [2.75, 3.05) is 5.32 Å². The molecule has 0 aromatic heterocycles. The number of rotatable bonds is 3. The Balaban J connectivity index is 2.28. The van der Waals surface area contributed by atoms with Crippen molar-refractivity contribution in [1.82, 2.24) is 0 Å². The molecule has 0 fully saturated rings. The number of aliphatic hydroxyl groups excluding tert-OH is 1. The Kier molecular flexibility index (Phi) is 3.97. The fraction of sp³-hybridized carbons (Fsp3) is 0.188. The summed E-state index contributed by atoms with van der Waals surface area (Å²) in [5.74, 6) is -0.151. The standard InChI is InChI=1S/C16H17NO2/c1-11-6-5-8-14(12(11)2)16(19)17-15-9-4-3-7-13(15)10-18/h3-9,18H,10H2,1-2H3,(H,17,19). The Labute approximate surface area is 112 Å². The molecule has 2 aromatic carbocycles. The second-order valence-electron chi connectivity index (χ2n) is 4.52. The highest BCUT2D eigenvalue weighted by Gasteiger charge is 2.11. The van der Waals surface area contributed by atoms with Gasteiger partial charge in [0.05, 0.1) is 6.61 Å². The smallest absolute Gasteiger partial charge is 0.255 e. The third-order valence-corrected chi connectivity index (χ3v) is 3.29. The number of hydrogen-bond donors (Lipinski definition) is 2. The molecule has 0 bridgehead atoms. The zero-order valence-electron chi connectivity index (χ0n) is 11.1. The molecule has 3 nitrogen and oxygen atoms in total. The van der Waals surface area contributed by atoms with E-state index in [0.29, 0.717) is 16.8 Å². The molecule has 0 atom stereocenters. The molecule has 3 heteroatoms. The summed E-state index contributed by atoms with van der Waals surface area (Å²) in [6.07, 6.45) is 0. The summed E-state index contributed by atoms with van der Waals surface area (Å²) in [7, 11) is 0. The van der Waals surface area contributed by atoms with Crippen LogP contribution in [0, 0.1) is 13.8 Å². The molecule has 2 aromatic rings. The maximum absolute atomic E-state index is 12.3. The normalized spacial score (nSPS) is 10.3. The van der Waals surface area contributed by atoms with Gasteiger partial charge in [-0.25, -0.2) is 0 Å². The quantitative estimate of drug-likeness (QED) is 0.885. The summed E-state index contributed by atoms with van der Waals surface area (Å²) < 4.78 is 0. The maximum Gasteiger partial charge on any atom is 0.255 e. The number of carbonyl (C=O) groups is 1. The second kappa shape index (κ2) is 5.67. The predicted octanol–water partition coefficient (Wildman–Crippen LogP) is 3.05. The first-order valence-corrected chi connectivity index (χ1v) is 6.20. The Bertz CT molecular complexity index is 605. The number of nitrogens with one attached hydrogen (secondary N) is 1. The monoisotopic (exact) mass is 255 g/mol. The lowest BCUT2D eigenvalue weighted by Crippen LogP contribution is -2.15. The van der Waals surface area contributed by atoms with Gasteiger partial charge in [0.15, 0.2) is 0 Å². The number of amides is 1. The van der Waals surface area contributed by atoms with E-state index in [1.165, 1.54) is 0 Å². The molecule has 19 heavy (non-hydrogen) atoms. The Morgan fingerprint density at radius 2 is 1.84 bits per heavy atom. The van der Waals surface area contributed by atoms with Gasteiger partial charge in [0.1, 0.15) is 0 Å². The lowest BCUT2D eigenvalue weighted by molar-refractivity contribution is 0.102. The zero-order valence-corrected chi connectivity index (χ0v) is 11.1. The lowest BCUT2D eigenvalue weighted by atomic mass is 10.0. The summed E-state index contributed by atoms with van der Waals surface area (Å²) in [4.78, 5) is 12.3. The van der Waals surface area contributed by atoms with Gasteiger partial charge in [0.25, 0.3) is 5.91 Å². The summed E-state index contributed by atoms with van der Waals surface area (Å²) in [5.41, 5.74) is 4.08. The maximum atomic E-state index is 12.3. The third-order valence-electron chi connectivity index (χ3n) is 3.29. The number of carbonyl (C=O) groups excluding carboxylic acids is 1. The van der Waals surface area contributed by atoms with Crippen molar-refractivity contribution in [3.8, 4) is 0 Å². The number of aliphatic hydroxyl groups is 1. The number of benzene rings is 2. The minimum atomic E-state index is -0.151. The highest BCUT2D eigenvalue weighted by Crippen LogP contribution is 2.18. The van der Waals surface area contributed by atoms with Gasteiger partial charge in [-0.2, -0.15) is 0 Å². The van der Waals surface area contributed by atoms with E-state index in [1.54, 1.807) is 18.2 Å². The van der Waals surface area contributed by atoms with E-state index >= 15 is 0 Å².